The number of likely N-dealkylation sites (N-methyl/N-ethyl adjacent to an activating group) is 2. The molecule has 4 amide bonds. The Kier molecular flexibility index (Phi) is 15.0. The van der Waals surface area contributed by atoms with E-state index in [1.54, 1.807) is 30.7 Å². The van der Waals surface area contributed by atoms with Crippen LogP contribution < -0.4 is 21.3 Å². The van der Waals surface area contributed by atoms with E-state index in [2.05, 4.69) is 33.2 Å². The van der Waals surface area contributed by atoms with Gasteiger partial charge in [-0.05, 0) is 115 Å². The van der Waals surface area contributed by atoms with Crippen LogP contribution in [-0.4, -0.2) is 124 Å². The summed E-state index contributed by atoms with van der Waals surface area (Å²) in [7, 11) is 3.47. The number of halogens is 4. The molecule has 2 saturated carbocycles. The second-order valence-corrected chi connectivity index (χ2v) is 18.4. The van der Waals surface area contributed by atoms with E-state index < -0.39 is 48.1 Å². The SMILES string of the molecule is CNC(C)C(=O)NC(C(=O)N1CC(F)CC1Cc1c(-c2nc3cc(F)ccc3n2CC2CC(F)CN2C=O)[nH]c2cc(F)ccc12)C1CC1.CNC(C)C(=O)NC(C)C1CCCCC1. The van der Waals surface area contributed by atoms with Crippen LogP contribution in [0.2, 0.25) is 0 Å². The summed E-state index contributed by atoms with van der Waals surface area (Å²) in [4.78, 5) is 61.3. The average Bonchev–Trinajstić information content (AvgIpc) is 3.66. The lowest BCUT2D eigenvalue weighted by Crippen LogP contribution is -2.54. The molecule has 2 aliphatic heterocycles. The molecule has 4 heterocycles. The number of aromatic amines is 1. The van der Waals surface area contributed by atoms with Gasteiger partial charge in [0, 0.05) is 48.4 Å². The van der Waals surface area contributed by atoms with Gasteiger partial charge in [-0.3, -0.25) is 19.2 Å². The van der Waals surface area contributed by atoms with Crippen molar-refractivity contribution >= 4 is 46.1 Å². The Morgan fingerprint density at radius 1 is 0.828 bits per heavy atom. The first-order valence-corrected chi connectivity index (χ1v) is 22.9. The van der Waals surface area contributed by atoms with Crippen molar-refractivity contribution in [2.45, 2.75) is 140 Å². The van der Waals surface area contributed by atoms with Gasteiger partial charge in [0.2, 0.25) is 24.1 Å². The van der Waals surface area contributed by atoms with E-state index in [0.29, 0.717) is 57.4 Å². The molecule has 2 aromatic carbocycles. The van der Waals surface area contributed by atoms with Gasteiger partial charge in [-0.25, -0.2) is 22.5 Å². The first kappa shape index (κ1) is 46.9. The standard InChI is InChI=1S/C35H39F4N7O3.C12H24N2O/c1-18(40-2)34(48)43-31(19-3-4-19)35(49)45-15-23(39)9-24(45)13-27-26-7-5-20(36)11-28(26)41-32(27)33-42-29-12-21(37)6-8-30(29)46(33)16-25-10-22(38)14-44(25)17-47;1-9(11-7-5-4-6-8-11)14-12(15)10(2)13-3/h5-8,11-12,17-19,22-25,31,40-41H,3-4,9-10,13-16H2,1-2H3,(H,43,48);9-11,13H,4-8H2,1-3H3,(H,14,15). The number of aromatic nitrogens is 3. The Bertz CT molecular complexity index is 2290. The number of likely N-dealkylation sites (tertiary alicyclic amines) is 2. The van der Waals surface area contributed by atoms with Crippen LogP contribution >= 0.6 is 0 Å². The van der Waals surface area contributed by atoms with Crippen molar-refractivity contribution in [2.75, 3.05) is 27.2 Å². The van der Waals surface area contributed by atoms with Gasteiger partial charge in [-0.1, -0.05) is 19.3 Å². The molecule has 64 heavy (non-hydrogen) atoms. The number of hydrogen-bond donors (Lipinski definition) is 5. The van der Waals surface area contributed by atoms with Crippen LogP contribution in [0.3, 0.4) is 0 Å². The van der Waals surface area contributed by atoms with Crippen molar-refractivity contribution in [2.24, 2.45) is 11.8 Å². The van der Waals surface area contributed by atoms with E-state index in [1.807, 2.05) is 14.0 Å². The van der Waals surface area contributed by atoms with Crippen LogP contribution in [0.4, 0.5) is 17.6 Å². The highest BCUT2D eigenvalue weighted by molar-refractivity contribution is 5.93. The zero-order valence-corrected chi connectivity index (χ0v) is 37.4. The number of carbonyl (C=O) groups excluding carboxylic acids is 4. The number of imidazole rings is 1. The van der Waals surface area contributed by atoms with E-state index >= 15 is 4.39 Å². The Hall–Kier alpha value is -5.03. The molecule has 4 aliphatic rings. The van der Waals surface area contributed by atoms with Crippen LogP contribution in [0, 0.1) is 23.5 Å². The number of nitrogens with one attached hydrogen (secondary N) is 5. The Balaban J connectivity index is 0.000000348. The highest BCUT2D eigenvalue weighted by Crippen LogP contribution is 2.39. The van der Waals surface area contributed by atoms with Crippen LogP contribution in [0.15, 0.2) is 36.4 Å². The lowest BCUT2D eigenvalue weighted by atomic mass is 9.84. The van der Waals surface area contributed by atoms with E-state index in [4.69, 9.17) is 4.98 Å². The predicted molar refractivity (Wildman–Crippen MR) is 238 cm³/mol. The summed E-state index contributed by atoms with van der Waals surface area (Å²) in [6.45, 7) is 5.73. The summed E-state index contributed by atoms with van der Waals surface area (Å²) in [6, 6.07) is 6.29. The zero-order chi connectivity index (χ0) is 45.8. The molecule has 2 saturated heterocycles. The van der Waals surface area contributed by atoms with Crippen LogP contribution in [0.5, 0.6) is 0 Å². The molecule has 13 nitrogen and oxygen atoms in total. The Morgan fingerprint density at radius 2 is 1.47 bits per heavy atom. The molecule has 8 unspecified atom stereocenters. The first-order valence-electron chi connectivity index (χ1n) is 22.9. The van der Waals surface area contributed by atoms with Gasteiger partial charge in [-0.2, -0.15) is 0 Å². The van der Waals surface area contributed by atoms with E-state index in [0.717, 1.165) is 12.8 Å². The molecule has 2 aliphatic carbocycles. The monoisotopic (exact) mass is 893 g/mol. The molecular weight excluding hydrogens is 831 g/mol. The second kappa shape index (κ2) is 20.4. The van der Waals surface area contributed by atoms with Gasteiger partial charge in [-0.15, -0.1) is 0 Å². The average molecular weight is 894 g/mol. The Morgan fingerprint density at radius 3 is 2.14 bits per heavy atom. The minimum absolute atomic E-state index is 0.0304. The number of H-pyrrole nitrogens is 1. The summed E-state index contributed by atoms with van der Waals surface area (Å²) in [5, 5.41) is 12.5. The van der Waals surface area contributed by atoms with Crippen LogP contribution in [0.25, 0.3) is 33.5 Å². The van der Waals surface area contributed by atoms with E-state index in [-0.39, 0.29) is 68.6 Å². The predicted octanol–water partition coefficient (Wildman–Crippen LogP) is 5.70. The van der Waals surface area contributed by atoms with Crippen molar-refractivity contribution in [1.82, 2.24) is 45.6 Å². The summed E-state index contributed by atoms with van der Waals surface area (Å²) < 4.78 is 60.5. The molecular formula is C47H63F4N9O4. The van der Waals surface area contributed by atoms with Gasteiger partial charge in [0.1, 0.15) is 30.0 Å². The maximum Gasteiger partial charge on any atom is 0.245 e. The van der Waals surface area contributed by atoms with Gasteiger partial charge < -0.3 is 40.6 Å². The lowest BCUT2D eigenvalue weighted by molar-refractivity contribution is -0.138. The van der Waals surface area contributed by atoms with Crippen molar-refractivity contribution in [3.05, 3.63) is 53.6 Å². The van der Waals surface area contributed by atoms with Crippen LogP contribution in [-0.2, 0) is 32.1 Å². The number of benzene rings is 2. The number of alkyl halides is 2. The summed E-state index contributed by atoms with van der Waals surface area (Å²) in [5.41, 5.74) is 2.46. The lowest BCUT2D eigenvalue weighted by Gasteiger charge is -2.30. The number of rotatable bonds is 15. The summed E-state index contributed by atoms with van der Waals surface area (Å²) >= 11 is 0. The van der Waals surface area contributed by atoms with Crippen molar-refractivity contribution in [3.8, 4) is 11.5 Å². The molecule has 4 fully saturated rings. The fourth-order valence-corrected chi connectivity index (χ4v) is 9.70. The third kappa shape index (κ3) is 10.6. The molecule has 0 radical (unpaired) electrons. The van der Waals surface area contributed by atoms with Crippen molar-refractivity contribution in [3.63, 3.8) is 0 Å². The largest absolute Gasteiger partial charge is 0.352 e. The van der Waals surface area contributed by atoms with Gasteiger partial charge in [0.25, 0.3) is 0 Å². The molecule has 0 spiro atoms. The minimum atomic E-state index is -1.29. The molecule has 4 aromatic rings. The molecule has 8 rings (SSSR count). The second-order valence-electron chi connectivity index (χ2n) is 18.4. The number of amides is 4. The molecule has 2 aromatic heterocycles. The third-order valence-corrected chi connectivity index (χ3v) is 13.9. The maximum absolute atomic E-state index is 15.2. The highest BCUT2D eigenvalue weighted by atomic mass is 19.1. The van der Waals surface area contributed by atoms with E-state index in [9.17, 15) is 32.3 Å². The number of hydrogen-bond acceptors (Lipinski definition) is 7. The van der Waals surface area contributed by atoms with E-state index in [1.165, 1.54) is 66.2 Å². The van der Waals surface area contributed by atoms with Crippen molar-refractivity contribution in [1.29, 1.82) is 0 Å². The number of fused-ring (bicyclic) bond motifs is 2. The normalized spacial score (nSPS) is 23.4. The molecule has 348 valence electrons. The smallest absolute Gasteiger partial charge is 0.245 e. The van der Waals surface area contributed by atoms with Gasteiger partial charge in [0.15, 0.2) is 5.82 Å². The van der Waals surface area contributed by atoms with Gasteiger partial charge >= 0.3 is 0 Å². The molecule has 8 atom stereocenters. The summed E-state index contributed by atoms with van der Waals surface area (Å²) in [5.74, 6) is -0.500. The third-order valence-electron chi connectivity index (χ3n) is 13.9. The molecule has 0 bridgehead atoms. The highest BCUT2D eigenvalue weighted by Gasteiger charge is 2.45. The minimum Gasteiger partial charge on any atom is -0.352 e. The van der Waals surface area contributed by atoms with Crippen LogP contribution in [0.1, 0.15) is 84.1 Å². The van der Waals surface area contributed by atoms with Gasteiger partial charge in [0.05, 0.1) is 47.9 Å². The topological polar surface area (TPSA) is 156 Å². The summed E-state index contributed by atoms with van der Waals surface area (Å²) in [6.07, 6.45) is 6.63. The number of nitrogens with zero attached hydrogens (tertiary/aromatic N) is 4. The van der Waals surface area contributed by atoms with Crippen molar-refractivity contribution < 1.29 is 36.7 Å². The molecule has 17 heteroatoms. The molecule has 5 N–H and O–H groups in total. The maximum atomic E-state index is 15.2. The fraction of sp³-hybridized carbons (Fsp3) is 0.596. The first-order chi connectivity index (χ1) is 30.7. The number of carbonyl (C=O) groups is 4. The Labute approximate surface area is 371 Å². The quantitative estimate of drug-likeness (QED) is 0.0759. The fourth-order valence-electron chi connectivity index (χ4n) is 9.70. The zero-order valence-electron chi connectivity index (χ0n) is 37.4.